The van der Waals surface area contributed by atoms with Crippen molar-refractivity contribution in [2.75, 3.05) is 9.80 Å². The summed E-state index contributed by atoms with van der Waals surface area (Å²) in [5.41, 5.74) is 20.9. The first-order chi connectivity index (χ1) is 33.3. The number of nitrogens with zero attached hydrogens (tertiary/aromatic N) is 2. The normalized spacial score (nSPS) is 14.0. The number of hydrogen-bond acceptors (Lipinski definition) is 2. The second-order valence-corrected chi connectivity index (χ2v) is 17.6. The van der Waals surface area contributed by atoms with Crippen LogP contribution < -0.4 is 9.80 Å². The van der Waals surface area contributed by atoms with Gasteiger partial charge in [-0.25, -0.2) is 0 Å². The van der Waals surface area contributed by atoms with Gasteiger partial charge in [0.25, 0.3) is 0 Å². The van der Waals surface area contributed by atoms with Crippen molar-refractivity contribution < 1.29 is 0 Å². The minimum Gasteiger partial charge on any atom is -0.310 e. The van der Waals surface area contributed by atoms with Crippen molar-refractivity contribution in [2.24, 2.45) is 0 Å². The Morgan fingerprint density at radius 3 is 1.06 bits per heavy atom. The molecule has 0 fully saturated rings. The highest BCUT2D eigenvalue weighted by Crippen LogP contribution is 2.65. The summed E-state index contributed by atoms with van der Waals surface area (Å²) in [7, 11) is 0. The number of hydrogen-bond donors (Lipinski definition) is 0. The lowest BCUT2D eigenvalue weighted by Gasteiger charge is -2.35. The fraction of sp³-hybridized carbons (Fsp3) is 0.0154. The summed E-state index contributed by atoms with van der Waals surface area (Å²) >= 11 is 0. The average molecular weight is 853 g/mol. The monoisotopic (exact) mass is 852 g/mol. The number of para-hydroxylation sites is 3. The molecule has 11 aromatic rings. The molecule has 0 aromatic heterocycles. The van der Waals surface area contributed by atoms with Crippen LogP contribution in [0.3, 0.4) is 0 Å². The third kappa shape index (κ3) is 6.11. The topological polar surface area (TPSA) is 6.48 Å². The molecule has 0 saturated heterocycles. The largest absolute Gasteiger partial charge is 0.310 e. The van der Waals surface area contributed by atoms with E-state index in [2.05, 4.69) is 277 Å². The minimum absolute atomic E-state index is 0.642. The van der Waals surface area contributed by atoms with Gasteiger partial charge in [0, 0.05) is 33.9 Å². The Bertz CT molecular complexity index is 3570. The zero-order chi connectivity index (χ0) is 44.3. The molecule has 2 heteroatoms. The number of benzene rings is 11. The Hall–Kier alpha value is -8.72. The van der Waals surface area contributed by atoms with Crippen molar-refractivity contribution >= 4 is 44.9 Å². The van der Waals surface area contributed by atoms with E-state index in [0.717, 1.165) is 34.1 Å². The predicted molar refractivity (Wildman–Crippen MR) is 280 cm³/mol. The van der Waals surface area contributed by atoms with E-state index in [9.17, 15) is 0 Å². The lowest BCUT2D eigenvalue weighted by molar-refractivity contribution is 0.793. The first-order valence-corrected chi connectivity index (χ1v) is 23.2. The van der Waals surface area contributed by atoms with Crippen LogP contribution in [0.25, 0.3) is 55.3 Å². The van der Waals surface area contributed by atoms with Gasteiger partial charge in [-0.15, -0.1) is 0 Å². The van der Waals surface area contributed by atoms with Crippen LogP contribution in [-0.4, -0.2) is 0 Å². The van der Waals surface area contributed by atoms with Crippen molar-refractivity contribution in [1.82, 2.24) is 0 Å². The van der Waals surface area contributed by atoms with Gasteiger partial charge in [0.2, 0.25) is 0 Å². The van der Waals surface area contributed by atoms with Crippen LogP contribution >= 0.6 is 0 Å². The standard InChI is InChI=1S/C65H44N2/c1-6-23-46(24-7-1)55-41-57-53-34-18-20-36-59(53)65(61(57)43-63(55)66(49-28-10-3-11-29-49)50-30-12-4-13-31-50)60-37-21-19-35-54(60)58-42-56(47-25-8-2-9-26-47)64(44-62(58)65)67(51-32-14-5-15-33-51)52-39-38-45-22-16-17-27-48(45)40-52/h1-44H. The Morgan fingerprint density at radius 2 is 0.597 bits per heavy atom. The highest BCUT2D eigenvalue weighted by molar-refractivity contribution is 6.03. The zero-order valence-corrected chi connectivity index (χ0v) is 36.8. The smallest absolute Gasteiger partial charge is 0.0727 e. The molecule has 2 aliphatic rings. The molecular formula is C65H44N2. The Balaban J connectivity index is 1.16. The maximum absolute atomic E-state index is 2.54. The maximum Gasteiger partial charge on any atom is 0.0727 e. The summed E-state index contributed by atoms with van der Waals surface area (Å²) in [6, 6.07) is 98.3. The molecule has 2 nitrogen and oxygen atoms in total. The molecule has 0 saturated carbocycles. The van der Waals surface area contributed by atoms with E-state index in [-0.39, 0.29) is 0 Å². The predicted octanol–water partition coefficient (Wildman–Crippen LogP) is 17.5. The van der Waals surface area contributed by atoms with E-state index in [4.69, 9.17) is 0 Å². The van der Waals surface area contributed by atoms with Crippen molar-refractivity contribution in [2.45, 2.75) is 5.41 Å². The van der Waals surface area contributed by atoms with E-state index in [1.807, 2.05) is 0 Å². The van der Waals surface area contributed by atoms with E-state index in [0.29, 0.717) is 0 Å². The lowest BCUT2D eigenvalue weighted by Crippen LogP contribution is -2.27. The average Bonchev–Trinajstić information content (AvgIpc) is 3.86. The molecule has 1 unspecified atom stereocenters. The Labute approximate surface area is 391 Å². The second-order valence-electron chi connectivity index (χ2n) is 17.6. The third-order valence-corrected chi connectivity index (χ3v) is 14.0. The highest BCUT2D eigenvalue weighted by atomic mass is 15.2. The number of rotatable bonds is 8. The molecule has 0 aliphatic heterocycles. The van der Waals surface area contributed by atoms with E-state index < -0.39 is 5.41 Å². The van der Waals surface area contributed by atoms with Gasteiger partial charge in [0.15, 0.2) is 0 Å². The number of anilines is 6. The molecule has 1 atom stereocenters. The van der Waals surface area contributed by atoms with Crippen LogP contribution in [0.4, 0.5) is 34.1 Å². The fourth-order valence-corrected chi connectivity index (χ4v) is 11.2. The third-order valence-electron chi connectivity index (χ3n) is 14.0. The molecule has 0 N–H and O–H groups in total. The molecule has 0 amide bonds. The van der Waals surface area contributed by atoms with E-state index >= 15 is 0 Å². The minimum atomic E-state index is -0.642. The van der Waals surface area contributed by atoms with Crippen LogP contribution in [0.2, 0.25) is 0 Å². The molecule has 13 rings (SSSR count). The van der Waals surface area contributed by atoms with Crippen molar-refractivity contribution in [3.8, 4) is 44.5 Å². The molecule has 0 radical (unpaired) electrons. The van der Waals surface area contributed by atoms with Crippen LogP contribution in [-0.2, 0) is 5.41 Å². The number of fused-ring (bicyclic) bond motifs is 11. The van der Waals surface area contributed by atoms with Crippen LogP contribution in [0.1, 0.15) is 22.3 Å². The quantitative estimate of drug-likeness (QED) is 0.150. The summed E-state index contributed by atoms with van der Waals surface area (Å²) < 4.78 is 0. The Kier molecular flexibility index (Phi) is 9.11. The van der Waals surface area contributed by atoms with Gasteiger partial charge < -0.3 is 9.80 Å². The molecule has 314 valence electrons. The molecule has 11 aromatic carbocycles. The van der Waals surface area contributed by atoms with Crippen molar-refractivity contribution in [3.63, 3.8) is 0 Å². The second kappa shape index (κ2) is 15.8. The summed E-state index contributed by atoms with van der Waals surface area (Å²) in [4.78, 5) is 4.92. The summed E-state index contributed by atoms with van der Waals surface area (Å²) in [5, 5.41) is 2.42. The zero-order valence-electron chi connectivity index (χ0n) is 36.8. The van der Waals surface area contributed by atoms with Gasteiger partial charge in [-0.05, 0) is 139 Å². The first-order valence-electron chi connectivity index (χ1n) is 23.2. The first kappa shape index (κ1) is 38.7. The van der Waals surface area contributed by atoms with E-state index in [1.165, 1.54) is 77.5 Å². The maximum atomic E-state index is 2.54. The Morgan fingerprint density at radius 1 is 0.224 bits per heavy atom. The molecule has 1 spiro atoms. The van der Waals surface area contributed by atoms with Crippen LogP contribution in [0.5, 0.6) is 0 Å². The van der Waals surface area contributed by atoms with Gasteiger partial charge in [-0.1, -0.05) is 194 Å². The summed E-state index contributed by atoms with van der Waals surface area (Å²) in [5.74, 6) is 0. The molecule has 2 aliphatic carbocycles. The van der Waals surface area contributed by atoms with Gasteiger partial charge in [-0.2, -0.15) is 0 Å². The van der Waals surface area contributed by atoms with Gasteiger partial charge in [0.1, 0.15) is 0 Å². The fourth-order valence-electron chi connectivity index (χ4n) is 11.2. The molecule has 0 bridgehead atoms. The van der Waals surface area contributed by atoms with Crippen molar-refractivity contribution in [1.29, 1.82) is 0 Å². The SMILES string of the molecule is c1ccc(-c2cc3c(cc2N(c2ccccc2)c2ccccc2)C2(c4ccccc4-3)c3ccccc3-c3cc(-c4ccccc4)c(N(c4ccccc4)c4ccc5ccccc5c4)cc32)cc1. The van der Waals surface area contributed by atoms with Gasteiger partial charge in [0.05, 0.1) is 16.8 Å². The van der Waals surface area contributed by atoms with E-state index in [1.54, 1.807) is 0 Å². The summed E-state index contributed by atoms with van der Waals surface area (Å²) in [6.45, 7) is 0. The molecule has 0 heterocycles. The van der Waals surface area contributed by atoms with Crippen LogP contribution in [0, 0.1) is 0 Å². The lowest BCUT2D eigenvalue weighted by atomic mass is 9.70. The van der Waals surface area contributed by atoms with Gasteiger partial charge >= 0.3 is 0 Å². The van der Waals surface area contributed by atoms with Crippen molar-refractivity contribution in [3.05, 3.63) is 289 Å². The molecule has 67 heavy (non-hydrogen) atoms. The summed E-state index contributed by atoms with van der Waals surface area (Å²) in [6.07, 6.45) is 0. The highest BCUT2D eigenvalue weighted by Gasteiger charge is 2.52. The molecular weight excluding hydrogens is 809 g/mol. The van der Waals surface area contributed by atoms with Crippen LogP contribution in [0.15, 0.2) is 267 Å². The van der Waals surface area contributed by atoms with Gasteiger partial charge in [-0.3, -0.25) is 0 Å².